The van der Waals surface area contributed by atoms with E-state index in [1.807, 2.05) is 6.92 Å². The van der Waals surface area contributed by atoms with Gasteiger partial charge in [0.1, 0.15) is 12.4 Å². The van der Waals surface area contributed by atoms with Gasteiger partial charge in [0, 0.05) is 30.9 Å². The third-order valence-electron chi connectivity index (χ3n) is 4.27. The Morgan fingerprint density at radius 3 is 2.10 bits per heavy atom. The van der Waals surface area contributed by atoms with Crippen LogP contribution in [0.5, 0.6) is 5.75 Å². The fourth-order valence-corrected chi connectivity index (χ4v) is 4.15. The predicted molar refractivity (Wildman–Crippen MR) is 113 cm³/mol. The second kappa shape index (κ2) is 10.9. The zero-order chi connectivity index (χ0) is 21.3. The topological polar surface area (TPSA) is 84.9 Å². The summed E-state index contributed by atoms with van der Waals surface area (Å²) in [6.45, 7) is 7.93. The third-order valence-corrected chi connectivity index (χ3v) is 6.34. The van der Waals surface area contributed by atoms with E-state index in [0.717, 1.165) is 0 Å². The standard InChI is InChI=1S/C21H28N2O5S/c1-4-23(5-2)29(25,26)20-13-9-18(10-14-20)22-21(24)17-7-11-19(12-8-17)28-16-15-27-6-3/h7-14H,4-6,15-16H2,1-3H3,(H,22,24). The molecule has 0 atom stereocenters. The lowest BCUT2D eigenvalue weighted by atomic mass is 10.2. The molecule has 0 fully saturated rings. The van der Waals surface area contributed by atoms with Crippen molar-refractivity contribution in [3.63, 3.8) is 0 Å². The van der Waals surface area contributed by atoms with Crippen LogP contribution in [0.4, 0.5) is 5.69 Å². The van der Waals surface area contributed by atoms with E-state index in [-0.39, 0.29) is 10.8 Å². The Hall–Kier alpha value is -2.42. The molecule has 0 aromatic heterocycles. The van der Waals surface area contributed by atoms with Gasteiger partial charge in [-0.05, 0) is 55.5 Å². The highest BCUT2D eigenvalue weighted by Crippen LogP contribution is 2.19. The van der Waals surface area contributed by atoms with E-state index in [1.54, 1.807) is 50.2 Å². The minimum absolute atomic E-state index is 0.202. The van der Waals surface area contributed by atoms with E-state index < -0.39 is 10.0 Å². The number of nitrogens with one attached hydrogen (secondary N) is 1. The highest BCUT2D eigenvalue weighted by Gasteiger charge is 2.21. The molecule has 0 aliphatic rings. The van der Waals surface area contributed by atoms with E-state index in [1.165, 1.54) is 16.4 Å². The molecule has 2 aromatic carbocycles. The number of hydrogen-bond donors (Lipinski definition) is 1. The summed E-state index contributed by atoms with van der Waals surface area (Å²) >= 11 is 0. The Labute approximate surface area is 172 Å². The van der Waals surface area contributed by atoms with E-state index in [4.69, 9.17) is 9.47 Å². The van der Waals surface area contributed by atoms with Crippen LogP contribution in [0.15, 0.2) is 53.4 Å². The monoisotopic (exact) mass is 420 g/mol. The number of anilines is 1. The molecule has 0 saturated carbocycles. The van der Waals surface area contributed by atoms with Crippen molar-refractivity contribution in [2.24, 2.45) is 0 Å². The molecular formula is C21H28N2O5S. The third kappa shape index (κ3) is 6.28. The first-order valence-corrected chi connectivity index (χ1v) is 11.1. The van der Waals surface area contributed by atoms with Crippen LogP contribution in [0.3, 0.4) is 0 Å². The molecular weight excluding hydrogens is 392 g/mol. The van der Waals surface area contributed by atoms with Crippen LogP contribution in [0.1, 0.15) is 31.1 Å². The largest absolute Gasteiger partial charge is 0.491 e. The van der Waals surface area contributed by atoms with Crippen molar-refractivity contribution in [3.8, 4) is 5.75 Å². The van der Waals surface area contributed by atoms with Crippen LogP contribution in [-0.4, -0.2) is 51.5 Å². The van der Waals surface area contributed by atoms with Gasteiger partial charge in [0.15, 0.2) is 0 Å². The number of sulfonamides is 1. The molecule has 7 nitrogen and oxygen atoms in total. The summed E-state index contributed by atoms with van der Waals surface area (Å²) in [7, 11) is -3.52. The van der Waals surface area contributed by atoms with Gasteiger partial charge in [-0.2, -0.15) is 4.31 Å². The van der Waals surface area contributed by atoms with Gasteiger partial charge in [0.2, 0.25) is 10.0 Å². The molecule has 0 saturated heterocycles. The number of rotatable bonds is 11. The SMILES string of the molecule is CCOCCOc1ccc(C(=O)Nc2ccc(S(=O)(=O)N(CC)CC)cc2)cc1. The van der Waals surface area contributed by atoms with Gasteiger partial charge < -0.3 is 14.8 Å². The first-order chi connectivity index (χ1) is 13.9. The summed E-state index contributed by atoms with van der Waals surface area (Å²) < 4.78 is 37.1. The molecule has 0 unspecified atom stereocenters. The van der Waals surface area contributed by atoms with Gasteiger partial charge in [-0.15, -0.1) is 0 Å². The Morgan fingerprint density at radius 1 is 0.931 bits per heavy atom. The summed E-state index contributed by atoms with van der Waals surface area (Å²) in [5.74, 6) is 0.373. The number of hydrogen-bond acceptors (Lipinski definition) is 5. The molecule has 0 heterocycles. The van der Waals surface area contributed by atoms with Gasteiger partial charge >= 0.3 is 0 Å². The van der Waals surface area contributed by atoms with Gasteiger partial charge in [0.05, 0.1) is 11.5 Å². The van der Waals surface area contributed by atoms with Crippen LogP contribution >= 0.6 is 0 Å². The van der Waals surface area contributed by atoms with Crippen LogP contribution < -0.4 is 10.1 Å². The lowest BCUT2D eigenvalue weighted by molar-refractivity contribution is 0.102. The van der Waals surface area contributed by atoms with Crippen LogP contribution in [-0.2, 0) is 14.8 Å². The minimum atomic E-state index is -3.52. The van der Waals surface area contributed by atoms with Gasteiger partial charge in [-0.3, -0.25) is 4.79 Å². The molecule has 0 aliphatic carbocycles. The predicted octanol–water partition coefficient (Wildman–Crippen LogP) is 3.38. The van der Waals surface area contributed by atoms with Gasteiger partial charge in [-0.1, -0.05) is 13.8 Å². The Kier molecular flexibility index (Phi) is 8.63. The molecule has 158 valence electrons. The second-order valence-electron chi connectivity index (χ2n) is 6.14. The van der Waals surface area contributed by atoms with Crippen molar-refractivity contribution in [1.82, 2.24) is 4.31 Å². The van der Waals surface area contributed by atoms with Crippen LogP contribution in [0.25, 0.3) is 0 Å². The summed E-state index contributed by atoms with van der Waals surface area (Å²) in [5, 5.41) is 2.77. The molecule has 0 radical (unpaired) electrons. The zero-order valence-electron chi connectivity index (χ0n) is 17.1. The van der Waals surface area contributed by atoms with E-state index in [2.05, 4.69) is 5.32 Å². The summed E-state index contributed by atoms with van der Waals surface area (Å²) in [6.07, 6.45) is 0. The van der Waals surface area contributed by atoms with E-state index in [0.29, 0.717) is 49.9 Å². The normalized spacial score (nSPS) is 11.4. The first kappa shape index (κ1) is 22.9. The molecule has 1 N–H and O–H groups in total. The van der Waals surface area contributed by atoms with Crippen molar-refractivity contribution in [1.29, 1.82) is 0 Å². The molecule has 2 aromatic rings. The summed E-state index contributed by atoms with van der Waals surface area (Å²) in [5.41, 5.74) is 0.993. The highest BCUT2D eigenvalue weighted by molar-refractivity contribution is 7.89. The summed E-state index contributed by atoms with van der Waals surface area (Å²) in [4.78, 5) is 12.6. The Morgan fingerprint density at radius 2 is 1.55 bits per heavy atom. The second-order valence-corrected chi connectivity index (χ2v) is 8.08. The van der Waals surface area contributed by atoms with Crippen molar-refractivity contribution < 1.29 is 22.7 Å². The molecule has 8 heteroatoms. The number of nitrogens with zero attached hydrogens (tertiary/aromatic N) is 1. The van der Waals surface area contributed by atoms with Crippen molar-refractivity contribution in [2.75, 3.05) is 38.2 Å². The molecule has 29 heavy (non-hydrogen) atoms. The van der Waals surface area contributed by atoms with E-state index in [9.17, 15) is 13.2 Å². The van der Waals surface area contributed by atoms with Crippen molar-refractivity contribution in [3.05, 3.63) is 54.1 Å². The first-order valence-electron chi connectivity index (χ1n) is 9.64. The maximum absolute atomic E-state index is 12.5. The summed E-state index contributed by atoms with van der Waals surface area (Å²) in [6, 6.07) is 13.0. The fraction of sp³-hybridized carbons (Fsp3) is 0.381. The number of ether oxygens (including phenoxy) is 2. The highest BCUT2D eigenvalue weighted by atomic mass is 32.2. The van der Waals surface area contributed by atoms with Crippen molar-refractivity contribution in [2.45, 2.75) is 25.7 Å². The molecule has 0 aliphatic heterocycles. The quantitative estimate of drug-likeness (QED) is 0.563. The Balaban J connectivity index is 1.98. The zero-order valence-corrected chi connectivity index (χ0v) is 17.9. The maximum atomic E-state index is 12.5. The van der Waals surface area contributed by atoms with Crippen LogP contribution in [0, 0.1) is 0 Å². The number of carbonyl (C=O) groups excluding carboxylic acids is 1. The van der Waals surface area contributed by atoms with Crippen LogP contribution in [0.2, 0.25) is 0 Å². The lowest BCUT2D eigenvalue weighted by Gasteiger charge is -2.18. The Bertz CT molecular complexity index is 876. The van der Waals surface area contributed by atoms with Gasteiger partial charge in [0.25, 0.3) is 5.91 Å². The van der Waals surface area contributed by atoms with E-state index >= 15 is 0 Å². The maximum Gasteiger partial charge on any atom is 0.255 e. The number of carbonyl (C=O) groups is 1. The fourth-order valence-electron chi connectivity index (χ4n) is 2.69. The average Bonchev–Trinajstić information content (AvgIpc) is 2.73. The molecule has 0 bridgehead atoms. The molecule has 0 spiro atoms. The minimum Gasteiger partial charge on any atom is -0.491 e. The average molecular weight is 421 g/mol. The molecule has 2 rings (SSSR count). The lowest BCUT2D eigenvalue weighted by Crippen LogP contribution is -2.30. The molecule has 1 amide bonds. The smallest absolute Gasteiger partial charge is 0.255 e. The van der Waals surface area contributed by atoms with Crippen molar-refractivity contribution >= 4 is 21.6 Å². The number of benzene rings is 2. The van der Waals surface area contributed by atoms with Gasteiger partial charge in [-0.25, -0.2) is 8.42 Å². The number of amides is 1.